The Morgan fingerprint density at radius 3 is 2.54 bits per heavy atom. The highest BCUT2D eigenvalue weighted by atomic mass is 15.4. The Labute approximate surface area is 151 Å². The van der Waals surface area contributed by atoms with Crippen LogP contribution in [0.5, 0.6) is 0 Å². The van der Waals surface area contributed by atoms with Gasteiger partial charge in [0, 0.05) is 28.4 Å². The van der Waals surface area contributed by atoms with E-state index in [4.69, 9.17) is 0 Å². The first kappa shape index (κ1) is 14.9. The standard InChI is InChI=1S/C22H18N4/c1-2-25-20-9-5-3-7-17(20)18-13-16(11-12-21(18)25)14-24-26-15-23-19-8-4-6-10-22(19)26/h3-15H,2H2,1H3/b24-14-. The molecule has 0 bridgehead atoms. The van der Waals surface area contributed by atoms with Gasteiger partial charge in [-0.15, -0.1) is 0 Å². The molecule has 0 saturated carbocycles. The Morgan fingerprint density at radius 1 is 0.885 bits per heavy atom. The number of para-hydroxylation sites is 3. The quantitative estimate of drug-likeness (QED) is 0.424. The summed E-state index contributed by atoms with van der Waals surface area (Å²) in [6.07, 6.45) is 3.65. The van der Waals surface area contributed by atoms with Crippen LogP contribution in [-0.4, -0.2) is 20.4 Å². The predicted octanol–water partition coefficient (Wildman–Crippen LogP) is 5.05. The summed E-state index contributed by atoms with van der Waals surface area (Å²) < 4.78 is 4.17. The molecule has 0 amide bonds. The highest BCUT2D eigenvalue weighted by Gasteiger charge is 2.09. The van der Waals surface area contributed by atoms with Crippen molar-refractivity contribution in [2.45, 2.75) is 13.5 Å². The topological polar surface area (TPSA) is 35.1 Å². The average Bonchev–Trinajstić information content (AvgIpc) is 3.25. The largest absolute Gasteiger partial charge is 0.341 e. The lowest BCUT2D eigenvalue weighted by Crippen LogP contribution is -1.93. The molecule has 2 heterocycles. The van der Waals surface area contributed by atoms with Crippen LogP contribution in [-0.2, 0) is 6.54 Å². The molecule has 126 valence electrons. The van der Waals surface area contributed by atoms with Gasteiger partial charge in [0.1, 0.15) is 6.33 Å². The summed E-state index contributed by atoms with van der Waals surface area (Å²) in [5.41, 5.74) is 5.58. The molecule has 26 heavy (non-hydrogen) atoms. The molecule has 0 radical (unpaired) electrons. The molecule has 0 saturated heterocycles. The number of fused-ring (bicyclic) bond motifs is 4. The first-order valence-electron chi connectivity index (χ1n) is 8.82. The van der Waals surface area contributed by atoms with Crippen molar-refractivity contribution in [3.63, 3.8) is 0 Å². The Morgan fingerprint density at radius 2 is 1.65 bits per heavy atom. The van der Waals surface area contributed by atoms with Gasteiger partial charge in [0.05, 0.1) is 17.2 Å². The second-order valence-corrected chi connectivity index (χ2v) is 6.36. The van der Waals surface area contributed by atoms with E-state index in [1.807, 2.05) is 35.2 Å². The normalized spacial score (nSPS) is 12.0. The van der Waals surface area contributed by atoms with Crippen molar-refractivity contribution in [2.75, 3.05) is 0 Å². The van der Waals surface area contributed by atoms with Gasteiger partial charge in [0.2, 0.25) is 0 Å². The molecular formula is C22H18N4. The number of aromatic nitrogens is 3. The van der Waals surface area contributed by atoms with Crippen molar-refractivity contribution < 1.29 is 0 Å². The fourth-order valence-electron chi connectivity index (χ4n) is 3.66. The summed E-state index contributed by atoms with van der Waals surface area (Å²) in [5.74, 6) is 0. The highest BCUT2D eigenvalue weighted by Crippen LogP contribution is 2.29. The Balaban J connectivity index is 1.63. The van der Waals surface area contributed by atoms with Gasteiger partial charge < -0.3 is 4.57 Å². The number of imidazole rings is 1. The number of benzene rings is 3. The molecule has 4 nitrogen and oxygen atoms in total. The van der Waals surface area contributed by atoms with Crippen molar-refractivity contribution in [2.24, 2.45) is 5.10 Å². The Bertz CT molecular complexity index is 1270. The van der Waals surface area contributed by atoms with Gasteiger partial charge in [-0.3, -0.25) is 0 Å². The number of hydrogen-bond acceptors (Lipinski definition) is 2. The molecule has 0 unspecified atom stereocenters. The van der Waals surface area contributed by atoms with Crippen LogP contribution < -0.4 is 0 Å². The van der Waals surface area contributed by atoms with Crippen LogP contribution in [0.2, 0.25) is 0 Å². The monoisotopic (exact) mass is 338 g/mol. The van der Waals surface area contributed by atoms with Crippen LogP contribution >= 0.6 is 0 Å². The van der Waals surface area contributed by atoms with Crippen LogP contribution in [0.15, 0.2) is 78.2 Å². The van der Waals surface area contributed by atoms with Gasteiger partial charge >= 0.3 is 0 Å². The van der Waals surface area contributed by atoms with Gasteiger partial charge in [0.25, 0.3) is 0 Å². The average molecular weight is 338 g/mol. The van der Waals surface area contributed by atoms with E-state index in [1.54, 1.807) is 6.33 Å². The molecule has 0 N–H and O–H groups in total. The molecular weight excluding hydrogens is 320 g/mol. The third kappa shape index (κ3) is 2.23. The predicted molar refractivity (Wildman–Crippen MR) is 108 cm³/mol. The third-order valence-electron chi connectivity index (χ3n) is 4.88. The molecule has 0 aliphatic carbocycles. The molecule has 5 aromatic rings. The summed E-state index contributed by atoms with van der Waals surface area (Å²) in [5, 5.41) is 7.15. The van der Waals surface area contributed by atoms with Crippen molar-refractivity contribution >= 4 is 39.1 Å². The lowest BCUT2D eigenvalue weighted by atomic mass is 10.1. The van der Waals surface area contributed by atoms with Gasteiger partial charge in [0.15, 0.2) is 0 Å². The van der Waals surface area contributed by atoms with Gasteiger partial charge in [-0.1, -0.05) is 36.4 Å². The minimum atomic E-state index is 0.950. The number of nitrogens with zero attached hydrogens (tertiary/aromatic N) is 4. The molecule has 0 aliphatic rings. The zero-order chi connectivity index (χ0) is 17.5. The summed E-state index contributed by atoms with van der Waals surface area (Å²) in [7, 11) is 0. The second kappa shape index (κ2) is 5.85. The van der Waals surface area contributed by atoms with Crippen molar-refractivity contribution in [3.05, 3.63) is 78.6 Å². The molecule has 0 atom stereocenters. The number of rotatable bonds is 3. The fourth-order valence-corrected chi connectivity index (χ4v) is 3.66. The van der Waals surface area contributed by atoms with E-state index in [9.17, 15) is 0 Å². The zero-order valence-corrected chi connectivity index (χ0v) is 14.5. The molecule has 0 spiro atoms. The van der Waals surface area contributed by atoms with Crippen LogP contribution in [0.25, 0.3) is 32.8 Å². The van der Waals surface area contributed by atoms with Crippen LogP contribution in [0.3, 0.4) is 0 Å². The van der Waals surface area contributed by atoms with E-state index in [2.05, 4.69) is 64.0 Å². The molecule has 5 rings (SSSR count). The smallest absolute Gasteiger partial charge is 0.118 e. The van der Waals surface area contributed by atoms with E-state index in [0.717, 1.165) is 23.1 Å². The van der Waals surface area contributed by atoms with Gasteiger partial charge in [-0.2, -0.15) is 5.10 Å². The molecule has 0 aliphatic heterocycles. The number of aryl methyl sites for hydroxylation is 1. The van der Waals surface area contributed by atoms with Crippen LogP contribution in [0.1, 0.15) is 12.5 Å². The summed E-state index contributed by atoms with van der Waals surface area (Å²) >= 11 is 0. The van der Waals surface area contributed by atoms with Crippen molar-refractivity contribution in [1.82, 2.24) is 14.2 Å². The zero-order valence-electron chi connectivity index (χ0n) is 14.5. The second-order valence-electron chi connectivity index (χ2n) is 6.36. The first-order chi connectivity index (χ1) is 12.8. The molecule has 3 aromatic carbocycles. The maximum absolute atomic E-state index is 4.60. The maximum atomic E-state index is 4.60. The highest BCUT2D eigenvalue weighted by molar-refractivity contribution is 6.09. The summed E-state index contributed by atoms with van der Waals surface area (Å²) in [6, 6.07) is 23.1. The Kier molecular flexibility index (Phi) is 3.35. The number of hydrogen-bond donors (Lipinski definition) is 0. The van der Waals surface area contributed by atoms with E-state index in [1.165, 1.54) is 21.8 Å². The minimum Gasteiger partial charge on any atom is -0.341 e. The summed E-state index contributed by atoms with van der Waals surface area (Å²) in [4.78, 5) is 4.38. The van der Waals surface area contributed by atoms with Crippen LogP contribution in [0, 0.1) is 0 Å². The molecule has 4 heteroatoms. The fraction of sp³-hybridized carbons (Fsp3) is 0.0909. The molecule has 0 fully saturated rings. The van der Waals surface area contributed by atoms with Crippen molar-refractivity contribution in [1.29, 1.82) is 0 Å². The van der Waals surface area contributed by atoms with Gasteiger partial charge in [-0.05, 0) is 42.8 Å². The van der Waals surface area contributed by atoms with Crippen LogP contribution in [0.4, 0.5) is 0 Å². The minimum absolute atomic E-state index is 0.950. The van der Waals surface area contributed by atoms with Crippen molar-refractivity contribution in [3.8, 4) is 0 Å². The van der Waals surface area contributed by atoms with Gasteiger partial charge in [-0.25, -0.2) is 9.66 Å². The SMILES string of the molecule is CCn1c2ccccc2c2cc(/C=N\n3cnc4ccccc43)ccc21. The maximum Gasteiger partial charge on any atom is 0.118 e. The summed E-state index contributed by atoms with van der Waals surface area (Å²) in [6.45, 7) is 3.14. The van der Waals surface area contributed by atoms with E-state index in [-0.39, 0.29) is 0 Å². The van der Waals surface area contributed by atoms with E-state index < -0.39 is 0 Å². The van der Waals surface area contributed by atoms with E-state index >= 15 is 0 Å². The lowest BCUT2D eigenvalue weighted by Gasteiger charge is -2.02. The van der Waals surface area contributed by atoms with E-state index in [0.29, 0.717) is 0 Å². The first-order valence-corrected chi connectivity index (χ1v) is 8.82. The Hall–Kier alpha value is -3.40. The molecule has 2 aromatic heterocycles. The third-order valence-corrected chi connectivity index (χ3v) is 4.88. The lowest BCUT2D eigenvalue weighted by molar-refractivity contribution is 0.827.